The predicted octanol–water partition coefficient (Wildman–Crippen LogP) is 16.6. The largest absolute Gasteiger partial charge is 0.355 e. The number of anilines is 3. The fraction of sp³-hybridized carbons (Fsp3) is 0.133. The van der Waals surface area contributed by atoms with Crippen LogP contribution in [-0.2, 0) is 5.41 Å². The molecule has 2 nitrogen and oxygen atoms in total. The number of hydrogen-bond acceptors (Lipinski definition) is 3. The summed E-state index contributed by atoms with van der Waals surface area (Å²) in [5.41, 5.74) is 21.8. The molecule has 0 saturated heterocycles. The Balaban J connectivity index is 1.22. The van der Waals surface area contributed by atoms with Crippen LogP contribution in [0.1, 0.15) is 77.8 Å². The first-order valence-electron chi connectivity index (χ1n) is 22.4. The summed E-state index contributed by atoms with van der Waals surface area (Å²) in [5.74, 6) is 0. The molecule has 1 atom stereocenters. The number of allylic oxidation sites excluding steroid dienone is 11. The standard InChI is InChI=1S/C60H50N2S/c1-5-19-53(46(6-2)42-21-9-7-10-22-42)62(45-35-33-41(34-36-45)43-23-17-20-39(3)38-43)58-40(4)32-37-51-57(58)56-48-27-14-16-31-54(48)63-59(56)60(51)49-28-15-13-26-47(49)55-50(60)29-18-30-52(55)61-44-24-11-8-12-25-44/h5-7,9-11,13-16,18-19,21-38,61H,1,8,12,17,20H2,2-4H3/b46-6-,53-19+. The van der Waals surface area contributed by atoms with Crippen LogP contribution in [0.5, 0.6) is 0 Å². The van der Waals surface area contributed by atoms with Crippen LogP contribution >= 0.6 is 11.3 Å². The van der Waals surface area contributed by atoms with Crippen LogP contribution in [0.15, 0.2) is 206 Å². The fourth-order valence-electron chi connectivity index (χ4n) is 10.8. The smallest absolute Gasteiger partial charge is 0.0821 e. The molecule has 0 saturated carbocycles. The third-order valence-corrected chi connectivity index (χ3v) is 14.8. The summed E-state index contributed by atoms with van der Waals surface area (Å²) >= 11 is 1.96. The van der Waals surface area contributed by atoms with Gasteiger partial charge in [-0.15, -0.1) is 11.3 Å². The van der Waals surface area contributed by atoms with Gasteiger partial charge in [0, 0.05) is 54.3 Å². The number of nitrogens with zero attached hydrogens (tertiary/aromatic N) is 1. The lowest BCUT2D eigenvalue weighted by Crippen LogP contribution is -2.26. The highest BCUT2D eigenvalue weighted by atomic mass is 32.1. The van der Waals surface area contributed by atoms with E-state index in [1.165, 1.54) is 81.9 Å². The highest BCUT2D eigenvalue weighted by Crippen LogP contribution is 2.69. The van der Waals surface area contributed by atoms with Crippen molar-refractivity contribution in [2.75, 3.05) is 10.2 Å². The molecule has 0 amide bonds. The molecular formula is C60H50N2S. The number of hydrogen-bond donors (Lipinski definition) is 1. The number of aryl methyl sites for hydroxylation is 1. The Hall–Kier alpha value is -6.94. The van der Waals surface area contributed by atoms with Crippen LogP contribution in [-0.4, -0.2) is 0 Å². The molecule has 6 aromatic carbocycles. The molecule has 1 N–H and O–H groups in total. The van der Waals surface area contributed by atoms with Crippen LogP contribution in [0.25, 0.3) is 43.5 Å². The summed E-state index contributed by atoms with van der Waals surface area (Å²) in [4.78, 5) is 3.92. The van der Waals surface area contributed by atoms with Gasteiger partial charge in [-0.05, 0) is 127 Å². The molecule has 0 aliphatic heterocycles. The van der Waals surface area contributed by atoms with E-state index in [2.05, 4.69) is 214 Å². The van der Waals surface area contributed by atoms with Crippen molar-refractivity contribution in [3.63, 3.8) is 0 Å². The van der Waals surface area contributed by atoms with E-state index in [1.54, 1.807) is 0 Å². The van der Waals surface area contributed by atoms with Crippen molar-refractivity contribution in [1.82, 2.24) is 0 Å². The Labute approximate surface area is 376 Å². The summed E-state index contributed by atoms with van der Waals surface area (Å²) < 4.78 is 1.30. The summed E-state index contributed by atoms with van der Waals surface area (Å²) in [7, 11) is 0. The van der Waals surface area contributed by atoms with E-state index in [9.17, 15) is 0 Å². The molecule has 0 radical (unpaired) electrons. The zero-order valence-corrected chi connectivity index (χ0v) is 37.0. The summed E-state index contributed by atoms with van der Waals surface area (Å²) in [5, 5.41) is 5.19. The van der Waals surface area contributed by atoms with E-state index in [1.807, 2.05) is 17.4 Å². The molecule has 4 aliphatic carbocycles. The van der Waals surface area contributed by atoms with Crippen LogP contribution in [0.2, 0.25) is 0 Å². The first-order chi connectivity index (χ1) is 31.0. The second-order valence-electron chi connectivity index (χ2n) is 17.2. The number of thiophene rings is 1. The van der Waals surface area contributed by atoms with Gasteiger partial charge in [0.2, 0.25) is 0 Å². The van der Waals surface area contributed by atoms with E-state index in [0.717, 1.165) is 59.6 Å². The zero-order valence-electron chi connectivity index (χ0n) is 36.2. The fourth-order valence-corrected chi connectivity index (χ4v) is 12.2. The Morgan fingerprint density at radius 3 is 2.30 bits per heavy atom. The molecule has 11 rings (SSSR count). The average Bonchev–Trinajstić information content (AvgIpc) is 3.95. The number of fused-ring (bicyclic) bond motifs is 12. The highest BCUT2D eigenvalue weighted by molar-refractivity contribution is 7.20. The lowest BCUT2D eigenvalue weighted by molar-refractivity contribution is 0.811. The van der Waals surface area contributed by atoms with E-state index in [0.29, 0.717) is 0 Å². The third kappa shape index (κ3) is 6.13. The molecule has 306 valence electrons. The Morgan fingerprint density at radius 1 is 0.730 bits per heavy atom. The molecule has 0 bridgehead atoms. The van der Waals surface area contributed by atoms with E-state index in [4.69, 9.17) is 0 Å². The van der Waals surface area contributed by atoms with Gasteiger partial charge >= 0.3 is 0 Å². The number of benzene rings is 6. The topological polar surface area (TPSA) is 15.3 Å². The maximum absolute atomic E-state index is 4.33. The molecule has 4 aliphatic rings. The molecule has 3 heteroatoms. The van der Waals surface area contributed by atoms with Gasteiger partial charge in [0.05, 0.1) is 16.8 Å². The highest BCUT2D eigenvalue weighted by Gasteiger charge is 2.55. The van der Waals surface area contributed by atoms with Crippen LogP contribution in [0.4, 0.5) is 17.1 Å². The van der Waals surface area contributed by atoms with Crippen molar-refractivity contribution in [3.05, 3.63) is 244 Å². The molecule has 63 heavy (non-hydrogen) atoms. The van der Waals surface area contributed by atoms with E-state index >= 15 is 0 Å². The van der Waals surface area contributed by atoms with Crippen LogP contribution in [0, 0.1) is 6.92 Å². The van der Waals surface area contributed by atoms with Gasteiger partial charge in [0.25, 0.3) is 0 Å². The van der Waals surface area contributed by atoms with Crippen molar-refractivity contribution in [2.45, 2.75) is 51.9 Å². The molecule has 7 aromatic rings. The third-order valence-electron chi connectivity index (χ3n) is 13.5. The van der Waals surface area contributed by atoms with Crippen molar-refractivity contribution in [2.24, 2.45) is 0 Å². The van der Waals surface area contributed by atoms with Crippen LogP contribution in [0.3, 0.4) is 0 Å². The quantitative estimate of drug-likeness (QED) is 0.146. The zero-order chi connectivity index (χ0) is 42.7. The van der Waals surface area contributed by atoms with Crippen molar-refractivity contribution in [1.29, 1.82) is 0 Å². The maximum Gasteiger partial charge on any atom is 0.0821 e. The lowest BCUT2D eigenvalue weighted by atomic mass is 9.73. The molecule has 1 unspecified atom stereocenters. The van der Waals surface area contributed by atoms with Gasteiger partial charge in [0.15, 0.2) is 0 Å². The van der Waals surface area contributed by atoms with Crippen molar-refractivity contribution in [3.8, 4) is 22.3 Å². The van der Waals surface area contributed by atoms with Crippen molar-refractivity contribution >= 4 is 49.6 Å². The Bertz CT molecular complexity index is 3180. The molecule has 0 fully saturated rings. The normalized spacial score (nSPS) is 17.4. The molecule has 1 spiro atoms. The van der Waals surface area contributed by atoms with Gasteiger partial charge in [-0.2, -0.15) is 0 Å². The van der Waals surface area contributed by atoms with E-state index < -0.39 is 5.41 Å². The summed E-state index contributed by atoms with van der Waals surface area (Å²) in [6, 6.07) is 50.1. The summed E-state index contributed by atoms with van der Waals surface area (Å²) in [6.07, 6.45) is 22.3. The average molecular weight is 831 g/mol. The monoisotopic (exact) mass is 830 g/mol. The first kappa shape index (κ1) is 38.9. The van der Waals surface area contributed by atoms with Gasteiger partial charge < -0.3 is 10.2 Å². The second-order valence-corrected chi connectivity index (χ2v) is 18.2. The minimum Gasteiger partial charge on any atom is -0.355 e. The minimum atomic E-state index is -0.532. The van der Waals surface area contributed by atoms with Crippen LogP contribution < -0.4 is 10.2 Å². The number of nitrogens with one attached hydrogen (secondary N) is 1. The Kier molecular flexibility index (Phi) is 9.74. The maximum atomic E-state index is 4.33. The molecular weight excluding hydrogens is 781 g/mol. The molecule has 1 aromatic heterocycles. The van der Waals surface area contributed by atoms with Gasteiger partial charge in [-0.25, -0.2) is 0 Å². The van der Waals surface area contributed by atoms with Crippen molar-refractivity contribution < 1.29 is 0 Å². The van der Waals surface area contributed by atoms with Gasteiger partial charge in [0.1, 0.15) is 0 Å². The van der Waals surface area contributed by atoms with Gasteiger partial charge in [-0.3, -0.25) is 0 Å². The lowest BCUT2D eigenvalue weighted by Gasteiger charge is -2.34. The van der Waals surface area contributed by atoms with E-state index in [-0.39, 0.29) is 0 Å². The molecule has 1 heterocycles. The number of rotatable bonds is 9. The SMILES string of the molecule is C=C/C=C(\C(=C/C)c1ccccc1)N(c1ccc(C2=CCCC(C)=C2)cc1)c1c(C)ccc2c1-c1c(sc3ccccc13)C21c2ccccc2-c2c(NC3=CCCC=C3)cccc21. The Morgan fingerprint density at radius 2 is 1.51 bits per heavy atom. The first-order valence-corrected chi connectivity index (χ1v) is 23.2. The van der Waals surface area contributed by atoms with Gasteiger partial charge in [-0.1, -0.05) is 158 Å². The minimum absolute atomic E-state index is 0.532. The second kappa shape index (κ2) is 15.8. The predicted molar refractivity (Wildman–Crippen MR) is 271 cm³/mol. The summed E-state index contributed by atoms with van der Waals surface area (Å²) in [6.45, 7) is 11.0.